The Morgan fingerprint density at radius 1 is 1.55 bits per heavy atom. The summed E-state index contributed by atoms with van der Waals surface area (Å²) in [7, 11) is 1.37. The van der Waals surface area contributed by atoms with E-state index < -0.39 is 0 Å². The second-order valence-electron chi connectivity index (χ2n) is 5.07. The number of benzene rings is 1. The van der Waals surface area contributed by atoms with E-state index in [0.29, 0.717) is 18.1 Å². The van der Waals surface area contributed by atoms with Crippen molar-refractivity contribution in [3.05, 3.63) is 40.9 Å². The number of allylic oxidation sites excluding steroid dienone is 1. The number of carbonyl (C=O) groups excluding carboxylic acids is 1. The first-order chi connectivity index (χ1) is 9.65. The molecule has 0 bridgehead atoms. The van der Waals surface area contributed by atoms with Crippen molar-refractivity contribution in [1.82, 2.24) is 0 Å². The van der Waals surface area contributed by atoms with Crippen LogP contribution in [0.5, 0.6) is 5.75 Å². The Bertz CT molecular complexity index is 494. The van der Waals surface area contributed by atoms with Crippen LogP contribution in [0.4, 0.5) is 0 Å². The normalized spacial score (nSPS) is 15.5. The average Bonchev–Trinajstić information content (AvgIpc) is 3.28. The third-order valence-electron chi connectivity index (χ3n) is 3.56. The molecule has 0 saturated heterocycles. The van der Waals surface area contributed by atoms with Crippen molar-refractivity contribution in [2.24, 2.45) is 11.8 Å². The third-order valence-corrected chi connectivity index (χ3v) is 4.18. The van der Waals surface area contributed by atoms with Crippen molar-refractivity contribution in [3.63, 3.8) is 0 Å². The van der Waals surface area contributed by atoms with Crippen LogP contribution in [0.2, 0.25) is 0 Å². The summed E-state index contributed by atoms with van der Waals surface area (Å²) in [5.41, 5.74) is 0.511. The summed E-state index contributed by atoms with van der Waals surface area (Å²) in [4.78, 5) is 11.4. The lowest BCUT2D eigenvalue weighted by Gasteiger charge is -2.16. The van der Waals surface area contributed by atoms with E-state index in [1.54, 1.807) is 18.2 Å². The number of halogens is 1. The molecule has 3 nitrogen and oxygen atoms in total. The first-order valence-electron chi connectivity index (χ1n) is 6.77. The van der Waals surface area contributed by atoms with Crippen molar-refractivity contribution in [2.75, 3.05) is 13.7 Å². The van der Waals surface area contributed by atoms with Crippen molar-refractivity contribution in [1.29, 1.82) is 0 Å². The molecule has 20 heavy (non-hydrogen) atoms. The van der Waals surface area contributed by atoms with Gasteiger partial charge in [0.15, 0.2) is 0 Å². The highest BCUT2D eigenvalue weighted by Gasteiger charge is 2.30. The molecule has 2 rings (SSSR count). The van der Waals surface area contributed by atoms with Gasteiger partial charge < -0.3 is 9.47 Å². The molecule has 1 saturated carbocycles. The Labute approximate surface area is 128 Å². The molecule has 1 unspecified atom stereocenters. The zero-order valence-electron chi connectivity index (χ0n) is 11.6. The lowest BCUT2D eigenvalue weighted by molar-refractivity contribution is 0.0600. The smallest absolute Gasteiger partial charge is 0.337 e. The van der Waals surface area contributed by atoms with E-state index in [-0.39, 0.29) is 5.97 Å². The highest BCUT2D eigenvalue weighted by Crippen LogP contribution is 2.39. The van der Waals surface area contributed by atoms with Crippen LogP contribution in [-0.2, 0) is 4.74 Å². The van der Waals surface area contributed by atoms with Crippen LogP contribution in [0.3, 0.4) is 0 Å². The minimum absolute atomic E-state index is 0.347. The zero-order chi connectivity index (χ0) is 14.5. The van der Waals surface area contributed by atoms with Gasteiger partial charge in [0.25, 0.3) is 0 Å². The fraction of sp³-hybridized carbons (Fsp3) is 0.438. The summed E-state index contributed by atoms with van der Waals surface area (Å²) in [5.74, 6) is 1.73. The summed E-state index contributed by atoms with van der Waals surface area (Å²) in [6.45, 7) is 4.49. The molecule has 0 heterocycles. The van der Waals surface area contributed by atoms with Gasteiger partial charge in [-0.15, -0.1) is 6.58 Å². The molecule has 1 aromatic carbocycles. The van der Waals surface area contributed by atoms with Crippen LogP contribution in [0.1, 0.15) is 29.6 Å². The van der Waals surface area contributed by atoms with Crippen LogP contribution in [-0.4, -0.2) is 19.7 Å². The average molecular weight is 339 g/mol. The largest absolute Gasteiger partial charge is 0.492 e. The monoisotopic (exact) mass is 338 g/mol. The van der Waals surface area contributed by atoms with E-state index in [1.165, 1.54) is 20.0 Å². The van der Waals surface area contributed by atoms with Crippen LogP contribution in [0.25, 0.3) is 0 Å². The van der Waals surface area contributed by atoms with Crippen LogP contribution < -0.4 is 4.74 Å². The van der Waals surface area contributed by atoms with Gasteiger partial charge in [-0.2, -0.15) is 0 Å². The summed E-state index contributed by atoms with van der Waals surface area (Å²) in [5, 5.41) is 0. The van der Waals surface area contributed by atoms with Gasteiger partial charge in [-0.3, -0.25) is 0 Å². The van der Waals surface area contributed by atoms with Crippen molar-refractivity contribution >= 4 is 21.9 Å². The minimum Gasteiger partial charge on any atom is -0.492 e. The molecule has 1 aliphatic carbocycles. The van der Waals surface area contributed by atoms with Crippen molar-refractivity contribution in [3.8, 4) is 5.75 Å². The second kappa shape index (κ2) is 6.93. The van der Waals surface area contributed by atoms with Crippen LogP contribution in [0.15, 0.2) is 35.3 Å². The van der Waals surface area contributed by atoms with Gasteiger partial charge in [0, 0.05) is 0 Å². The van der Waals surface area contributed by atoms with Gasteiger partial charge in [-0.05, 0) is 65.2 Å². The predicted octanol–water partition coefficient (Wildman–Crippen LogP) is 4.22. The maximum Gasteiger partial charge on any atom is 0.337 e. The van der Waals surface area contributed by atoms with Gasteiger partial charge in [-0.25, -0.2) is 4.79 Å². The number of ether oxygens (including phenoxy) is 2. The summed E-state index contributed by atoms with van der Waals surface area (Å²) < 4.78 is 11.3. The summed E-state index contributed by atoms with van der Waals surface area (Å²) >= 11 is 3.43. The van der Waals surface area contributed by atoms with Gasteiger partial charge in [-0.1, -0.05) is 6.08 Å². The Morgan fingerprint density at radius 2 is 2.30 bits per heavy atom. The van der Waals surface area contributed by atoms with E-state index in [4.69, 9.17) is 4.74 Å². The summed E-state index contributed by atoms with van der Waals surface area (Å²) in [6.07, 6.45) is 5.54. The molecule has 108 valence electrons. The van der Waals surface area contributed by atoms with Crippen molar-refractivity contribution < 1.29 is 14.3 Å². The Balaban J connectivity index is 1.98. The molecule has 0 aliphatic heterocycles. The molecule has 0 N–H and O–H groups in total. The molecule has 1 fully saturated rings. The molecule has 0 aromatic heterocycles. The Hall–Kier alpha value is -1.29. The maximum atomic E-state index is 11.4. The molecular weight excluding hydrogens is 320 g/mol. The van der Waals surface area contributed by atoms with Crippen LogP contribution >= 0.6 is 15.9 Å². The standard InChI is InChI=1S/C16H19BrO3/c1-3-4-13(11-5-6-11)10-20-15-8-7-12(9-14(15)17)16(18)19-2/h3,7-9,11,13H,1,4-6,10H2,2H3. The minimum atomic E-state index is -0.347. The molecule has 0 spiro atoms. The van der Waals surface area contributed by atoms with Crippen molar-refractivity contribution in [2.45, 2.75) is 19.3 Å². The zero-order valence-corrected chi connectivity index (χ0v) is 13.2. The van der Waals surface area contributed by atoms with E-state index >= 15 is 0 Å². The predicted molar refractivity (Wildman–Crippen MR) is 82.0 cm³/mol. The van der Waals surface area contributed by atoms with Crippen LogP contribution in [0, 0.1) is 11.8 Å². The maximum absolute atomic E-state index is 11.4. The summed E-state index contributed by atoms with van der Waals surface area (Å²) in [6, 6.07) is 5.24. The highest BCUT2D eigenvalue weighted by molar-refractivity contribution is 9.10. The number of hydrogen-bond donors (Lipinski definition) is 0. The van der Waals surface area contributed by atoms with Gasteiger partial charge in [0.05, 0.1) is 23.8 Å². The molecule has 0 amide bonds. The van der Waals surface area contributed by atoms with Gasteiger partial charge in [0.1, 0.15) is 5.75 Å². The first-order valence-corrected chi connectivity index (χ1v) is 7.56. The lowest BCUT2D eigenvalue weighted by atomic mass is 10.0. The first kappa shape index (κ1) is 15.1. The quantitative estimate of drug-likeness (QED) is 0.551. The van der Waals surface area contributed by atoms with E-state index in [1.807, 2.05) is 6.08 Å². The van der Waals surface area contributed by atoms with E-state index in [9.17, 15) is 4.79 Å². The van der Waals surface area contributed by atoms with E-state index in [0.717, 1.165) is 22.6 Å². The Morgan fingerprint density at radius 3 is 2.85 bits per heavy atom. The molecule has 1 aliphatic rings. The van der Waals surface area contributed by atoms with Gasteiger partial charge >= 0.3 is 5.97 Å². The molecule has 1 aromatic rings. The number of methoxy groups -OCH3 is 1. The van der Waals surface area contributed by atoms with Gasteiger partial charge in [0.2, 0.25) is 0 Å². The number of esters is 1. The molecule has 1 atom stereocenters. The molecular formula is C16H19BrO3. The fourth-order valence-electron chi connectivity index (χ4n) is 2.24. The number of rotatable bonds is 7. The highest BCUT2D eigenvalue weighted by atomic mass is 79.9. The number of carbonyl (C=O) groups is 1. The SMILES string of the molecule is C=CCC(COc1ccc(C(=O)OC)cc1Br)C1CC1. The lowest BCUT2D eigenvalue weighted by Crippen LogP contribution is -2.14. The topological polar surface area (TPSA) is 35.5 Å². The number of hydrogen-bond acceptors (Lipinski definition) is 3. The third kappa shape index (κ3) is 3.85. The molecule has 0 radical (unpaired) electrons. The van der Waals surface area contributed by atoms with E-state index in [2.05, 4.69) is 27.2 Å². The molecule has 4 heteroatoms. The second-order valence-corrected chi connectivity index (χ2v) is 5.92. The Kier molecular flexibility index (Phi) is 5.24. The fourth-order valence-corrected chi connectivity index (χ4v) is 2.73.